The molecule has 1 unspecified atom stereocenters. The van der Waals surface area contributed by atoms with Crippen LogP contribution in [0.15, 0.2) is 24.3 Å². The van der Waals surface area contributed by atoms with Gasteiger partial charge in [0.25, 0.3) is 5.91 Å². The van der Waals surface area contributed by atoms with Crippen LogP contribution < -0.4 is 5.32 Å². The topological polar surface area (TPSA) is 61.9 Å². The number of thiophene rings is 1. The summed E-state index contributed by atoms with van der Waals surface area (Å²) in [5.74, 6) is 0.710. The molecule has 2 amide bonds. The van der Waals surface area contributed by atoms with Crippen molar-refractivity contribution in [3.63, 3.8) is 0 Å². The molecule has 1 aliphatic heterocycles. The number of nitrogens with zero attached hydrogens (tertiary/aromatic N) is 2. The van der Waals surface area contributed by atoms with E-state index in [-0.39, 0.29) is 17.9 Å². The van der Waals surface area contributed by atoms with Crippen molar-refractivity contribution in [3.8, 4) is 0 Å². The van der Waals surface area contributed by atoms with Crippen LogP contribution >= 0.6 is 11.3 Å². The predicted molar refractivity (Wildman–Crippen MR) is 125 cm³/mol. The average molecular weight is 444 g/mol. The van der Waals surface area contributed by atoms with Crippen molar-refractivity contribution >= 4 is 33.2 Å². The van der Waals surface area contributed by atoms with Crippen molar-refractivity contribution in [2.24, 2.45) is 5.92 Å². The van der Waals surface area contributed by atoms with Crippen molar-refractivity contribution in [1.29, 1.82) is 0 Å². The molecule has 1 saturated heterocycles. The van der Waals surface area contributed by atoms with Gasteiger partial charge in [-0.3, -0.25) is 9.59 Å². The fourth-order valence-electron chi connectivity index (χ4n) is 4.67. The van der Waals surface area contributed by atoms with E-state index < -0.39 is 0 Å². The molecule has 0 radical (unpaired) electrons. The largest absolute Gasteiger partial charge is 0.370 e. The van der Waals surface area contributed by atoms with Gasteiger partial charge in [0.15, 0.2) is 0 Å². The number of carbonyl (C=O) groups excluding carboxylic acids is 2. The maximum atomic E-state index is 13.0. The summed E-state index contributed by atoms with van der Waals surface area (Å²) < 4.78 is 7.22. The highest BCUT2D eigenvalue weighted by Crippen LogP contribution is 2.38. The van der Waals surface area contributed by atoms with Crippen molar-refractivity contribution in [2.45, 2.75) is 38.2 Å². The van der Waals surface area contributed by atoms with Gasteiger partial charge in [-0.05, 0) is 44.3 Å². The zero-order valence-corrected chi connectivity index (χ0v) is 19.4. The summed E-state index contributed by atoms with van der Waals surface area (Å²) in [5, 5.41) is 4.10. The van der Waals surface area contributed by atoms with Gasteiger partial charge in [0.1, 0.15) is 6.10 Å². The van der Waals surface area contributed by atoms with Crippen LogP contribution in [-0.2, 0) is 9.53 Å². The number of hydrogen-bond donors (Lipinski definition) is 1. The Morgan fingerprint density at radius 1 is 1.23 bits per heavy atom. The first-order chi connectivity index (χ1) is 15.0. The molecule has 2 aromatic rings. The van der Waals surface area contributed by atoms with Crippen LogP contribution in [0, 0.1) is 5.92 Å². The fourth-order valence-corrected chi connectivity index (χ4v) is 5.84. The number of fused-ring (bicyclic) bond motifs is 1. The molecule has 1 atom stereocenters. The Balaban J connectivity index is 1.54. The number of hydrogen-bond acceptors (Lipinski definition) is 5. The summed E-state index contributed by atoms with van der Waals surface area (Å²) in [6.45, 7) is 3.04. The van der Waals surface area contributed by atoms with Gasteiger partial charge in [-0.15, -0.1) is 11.3 Å². The third-order valence-electron chi connectivity index (χ3n) is 6.36. The summed E-state index contributed by atoms with van der Waals surface area (Å²) in [7, 11) is 3.98. The lowest BCUT2D eigenvalue weighted by molar-refractivity contribution is -0.139. The Morgan fingerprint density at radius 3 is 2.77 bits per heavy atom. The fraction of sp³-hybridized carbons (Fsp3) is 0.583. The number of rotatable bonds is 7. The maximum Gasteiger partial charge on any atom is 0.261 e. The van der Waals surface area contributed by atoms with E-state index in [4.69, 9.17) is 4.74 Å². The molecular weight excluding hydrogens is 410 g/mol. The van der Waals surface area contributed by atoms with Gasteiger partial charge in [0.2, 0.25) is 5.91 Å². The minimum Gasteiger partial charge on any atom is -0.370 e. The number of morpholine rings is 1. The van der Waals surface area contributed by atoms with Crippen LogP contribution in [-0.4, -0.2) is 68.5 Å². The molecule has 1 saturated carbocycles. The minimum atomic E-state index is -0.271. The highest BCUT2D eigenvalue weighted by Gasteiger charge is 2.32. The zero-order chi connectivity index (χ0) is 21.8. The summed E-state index contributed by atoms with van der Waals surface area (Å²) in [4.78, 5) is 30.7. The van der Waals surface area contributed by atoms with Gasteiger partial charge < -0.3 is 19.9 Å². The molecule has 2 fully saturated rings. The number of nitrogens with one attached hydrogen (secondary N) is 1. The van der Waals surface area contributed by atoms with Gasteiger partial charge in [-0.2, -0.15) is 0 Å². The van der Waals surface area contributed by atoms with E-state index >= 15 is 0 Å². The van der Waals surface area contributed by atoms with Crippen LogP contribution in [0.25, 0.3) is 10.1 Å². The maximum absolute atomic E-state index is 13.0. The van der Waals surface area contributed by atoms with Crippen molar-refractivity contribution in [3.05, 3.63) is 34.7 Å². The third-order valence-corrected chi connectivity index (χ3v) is 7.55. The van der Waals surface area contributed by atoms with E-state index in [9.17, 15) is 9.59 Å². The van der Waals surface area contributed by atoms with E-state index in [0.717, 1.165) is 22.2 Å². The van der Waals surface area contributed by atoms with Crippen molar-refractivity contribution in [2.75, 3.05) is 46.9 Å². The Morgan fingerprint density at radius 2 is 2.00 bits per heavy atom. The first kappa shape index (κ1) is 22.2. The van der Waals surface area contributed by atoms with Crippen LogP contribution in [0.5, 0.6) is 0 Å². The molecule has 1 aromatic heterocycles. The Bertz CT molecular complexity index is 920. The highest BCUT2D eigenvalue weighted by atomic mass is 32.1. The molecule has 1 aliphatic carbocycles. The Labute approximate surface area is 188 Å². The average Bonchev–Trinajstić information content (AvgIpc) is 3.41. The summed E-state index contributed by atoms with van der Waals surface area (Å²) in [6, 6.07) is 8.10. The lowest BCUT2D eigenvalue weighted by Crippen LogP contribution is -2.43. The number of carbonyl (C=O) groups is 2. The van der Waals surface area contributed by atoms with Gasteiger partial charge in [-0.1, -0.05) is 31.0 Å². The first-order valence-corrected chi connectivity index (χ1v) is 12.2. The van der Waals surface area contributed by atoms with Gasteiger partial charge in [0, 0.05) is 36.3 Å². The number of amides is 2. The predicted octanol–water partition coefficient (Wildman–Crippen LogP) is 3.67. The smallest absolute Gasteiger partial charge is 0.261 e. The zero-order valence-electron chi connectivity index (χ0n) is 18.6. The number of benzene rings is 1. The summed E-state index contributed by atoms with van der Waals surface area (Å²) in [5.41, 5.74) is 0.932. The second kappa shape index (κ2) is 10.1. The first-order valence-electron chi connectivity index (χ1n) is 11.4. The van der Waals surface area contributed by atoms with Crippen LogP contribution in [0.1, 0.15) is 53.4 Å². The third kappa shape index (κ3) is 5.27. The standard InChI is InChI=1S/C24H33N3O3S/c1-26(2)12-11-25-24(29)23-22(18-9-5-6-10-20(18)31-23)19-16-27(13-14-30-19)21(28)15-17-7-3-4-8-17/h5-6,9-10,17,19H,3-4,7-8,11-16H2,1-2H3,(H,25,29). The normalized spacial score (nSPS) is 20.0. The van der Waals surface area contributed by atoms with Gasteiger partial charge in [-0.25, -0.2) is 0 Å². The number of likely N-dealkylation sites (N-methyl/N-ethyl adjacent to an activating group) is 1. The molecular formula is C24H33N3O3S. The Hall–Kier alpha value is -1.96. The Kier molecular flexibility index (Phi) is 7.25. The molecule has 2 aliphatic rings. The lowest BCUT2D eigenvalue weighted by Gasteiger charge is -2.34. The van der Waals surface area contributed by atoms with E-state index in [0.29, 0.717) is 43.5 Å². The lowest BCUT2D eigenvalue weighted by atomic mass is 10.0. The molecule has 1 aromatic carbocycles. The van der Waals surface area contributed by atoms with Crippen LogP contribution in [0.2, 0.25) is 0 Å². The van der Waals surface area contributed by atoms with Crippen molar-refractivity contribution in [1.82, 2.24) is 15.1 Å². The number of ether oxygens (including phenoxy) is 1. The van der Waals surface area contributed by atoms with E-state index in [2.05, 4.69) is 11.4 Å². The molecule has 31 heavy (non-hydrogen) atoms. The van der Waals surface area contributed by atoms with Crippen molar-refractivity contribution < 1.29 is 14.3 Å². The minimum absolute atomic E-state index is 0.0592. The van der Waals surface area contributed by atoms with Gasteiger partial charge in [0.05, 0.1) is 18.0 Å². The highest BCUT2D eigenvalue weighted by molar-refractivity contribution is 7.21. The summed E-state index contributed by atoms with van der Waals surface area (Å²) >= 11 is 1.51. The van der Waals surface area contributed by atoms with Crippen LogP contribution in [0.4, 0.5) is 0 Å². The molecule has 0 bridgehead atoms. The molecule has 168 valence electrons. The second-order valence-corrected chi connectivity index (χ2v) is 10.0. The van der Waals surface area contributed by atoms with Gasteiger partial charge >= 0.3 is 0 Å². The van der Waals surface area contributed by atoms with E-state index in [1.54, 1.807) is 0 Å². The van der Waals surface area contributed by atoms with E-state index in [1.165, 1.54) is 37.0 Å². The quantitative estimate of drug-likeness (QED) is 0.709. The van der Waals surface area contributed by atoms with Crippen LogP contribution in [0.3, 0.4) is 0 Å². The summed E-state index contributed by atoms with van der Waals surface area (Å²) in [6.07, 6.45) is 5.22. The monoisotopic (exact) mass is 443 g/mol. The molecule has 1 N–H and O–H groups in total. The van der Waals surface area contributed by atoms with E-state index in [1.807, 2.05) is 42.1 Å². The SMILES string of the molecule is CN(C)CCNC(=O)c1sc2ccccc2c1C1CN(C(=O)CC2CCCC2)CCO1. The molecule has 7 heteroatoms. The molecule has 0 spiro atoms. The second-order valence-electron chi connectivity index (χ2n) is 8.95. The molecule has 6 nitrogen and oxygen atoms in total. The molecule has 2 heterocycles. The molecule has 4 rings (SSSR count).